The first-order valence-electron chi connectivity index (χ1n) is 6.07. The molecule has 1 aliphatic heterocycles. The highest BCUT2D eigenvalue weighted by Crippen LogP contribution is 2.12. The SMILES string of the molecule is CCOC(=O)NS(=O)(=O)N(C)CC1CCCNC1. The van der Waals surface area contributed by atoms with Crippen LogP contribution in [0.3, 0.4) is 0 Å². The maximum atomic E-state index is 11.8. The molecule has 106 valence electrons. The van der Waals surface area contributed by atoms with Crippen molar-refractivity contribution < 1.29 is 17.9 Å². The molecule has 0 aromatic rings. The Balaban J connectivity index is 2.47. The van der Waals surface area contributed by atoms with Crippen LogP contribution >= 0.6 is 0 Å². The van der Waals surface area contributed by atoms with Crippen LogP contribution in [0.1, 0.15) is 19.8 Å². The largest absolute Gasteiger partial charge is 0.449 e. The number of piperidine rings is 1. The fourth-order valence-corrected chi connectivity index (χ4v) is 2.72. The molecule has 1 saturated heterocycles. The van der Waals surface area contributed by atoms with Crippen LogP contribution in [0.25, 0.3) is 0 Å². The summed E-state index contributed by atoms with van der Waals surface area (Å²) in [6.07, 6.45) is 1.10. The molecule has 0 saturated carbocycles. The van der Waals surface area contributed by atoms with E-state index in [9.17, 15) is 13.2 Å². The number of nitrogens with one attached hydrogen (secondary N) is 2. The van der Waals surface area contributed by atoms with Gasteiger partial charge in [0.15, 0.2) is 0 Å². The maximum absolute atomic E-state index is 11.8. The van der Waals surface area contributed by atoms with Crippen LogP contribution in [0.4, 0.5) is 4.79 Å². The average molecular weight is 279 g/mol. The lowest BCUT2D eigenvalue weighted by Gasteiger charge is -2.27. The molecule has 18 heavy (non-hydrogen) atoms. The zero-order chi connectivity index (χ0) is 13.6. The lowest BCUT2D eigenvalue weighted by atomic mass is 10.00. The summed E-state index contributed by atoms with van der Waals surface area (Å²) in [5.41, 5.74) is 0. The topological polar surface area (TPSA) is 87.7 Å². The van der Waals surface area contributed by atoms with E-state index in [0.717, 1.165) is 30.2 Å². The molecule has 1 heterocycles. The monoisotopic (exact) mass is 279 g/mol. The summed E-state index contributed by atoms with van der Waals surface area (Å²) in [5.74, 6) is 0.280. The summed E-state index contributed by atoms with van der Waals surface area (Å²) in [7, 11) is -2.35. The van der Waals surface area contributed by atoms with Crippen LogP contribution in [0, 0.1) is 5.92 Å². The Labute approximate surface area is 108 Å². The van der Waals surface area contributed by atoms with Crippen LogP contribution in [-0.4, -0.2) is 52.1 Å². The molecule has 0 aromatic carbocycles. The van der Waals surface area contributed by atoms with E-state index in [1.165, 1.54) is 7.05 Å². The normalized spacial score (nSPS) is 20.7. The minimum Gasteiger partial charge on any atom is -0.449 e. The fraction of sp³-hybridized carbons (Fsp3) is 0.900. The van der Waals surface area contributed by atoms with Crippen LogP contribution in [-0.2, 0) is 14.9 Å². The molecule has 1 atom stereocenters. The van der Waals surface area contributed by atoms with Gasteiger partial charge in [-0.15, -0.1) is 0 Å². The van der Waals surface area contributed by atoms with Crippen molar-refractivity contribution in [1.82, 2.24) is 14.3 Å². The summed E-state index contributed by atoms with van der Waals surface area (Å²) >= 11 is 0. The molecule has 0 aliphatic carbocycles. The predicted octanol–water partition coefficient (Wildman–Crippen LogP) is -0.0913. The van der Waals surface area contributed by atoms with Gasteiger partial charge in [-0.05, 0) is 38.8 Å². The Hall–Kier alpha value is -0.860. The molecule has 1 rings (SSSR count). The smallest absolute Gasteiger partial charge is 0.421 e. The van der Waals surface area contributed by atoms with E-state index >= 15 is 0 Å². The van der Waals surface area contributed by atoms with Crippen LogP contribution in [0.15, 0.2) is 0 Å². The van der Waals surface area contributed by atoms with Gasteiger partial charge in [-0.3, -0.25) is 0 Å². The van der Waals surface area contributed by atoms with Crippen molar-refractivity contribution >= 4 is 16.3 Å². The molecular weight excluding hydrogens is 258 g/mol. The summed E-state index contributed by atoms with van der Waals surface area (Å²) in [6.45, 7) is 3.93. The summed E-state index contributed by atoms with van der Waals surface area (Å²) in [5, 5.41) is 3.22. The zero-order valence-electron chi connectivity index (χ0n) is 10.8. The molecule has 0 aromatic heterocycles. The van der Waals surface area contributed by atoms with Crippen molar-refractivity contribution in [3.8, 4) is 0 Å². The van der Waals surface area contributed by atoms with Gasteiger partial charge in [-0.1, -0.05) is 0 Å². The Morgan fingerprint density at radius 2 is 2.28 bits per heavy atom. The van der Waals surface area contributed by atoms with Crippen LogP contribution in [0.5, 0.6) is 0 Å². The average Bonchev–Trinajstić information content (AvgIpc) is 2.29. The standard InChI is InChI=1S/C10H21N3O4S/c1-3-17-10(14)12-18(15,16)13(2)8-9-5-4-6-11-7-9/h9,11H,3-8H2,1-2H3,(H,12,14). The highest BCUT2D eigenvalue weighted by molar-refractivity contribution is 7.87. The number of hydrogen-bond acceptors (Lipinski definition) is 5. The fourth-order valence-electron chi connectivity index (χ4n) is 1.89. The first-order chi connectivity index (χ1) is 8.45. The molecule has 0 radical (unpaired) electrons. The van der Waals surface area contributed by atoms with Gasteiger partial charge in [0.25, 0.3) is 0 Å². The van der Waals surface area contributed by atoms with E-state index in [0.29, 0.717) is 6.54 Å². The summed E-state index contributed by atoms with van der Waals surface area (Å²) in [4.78, 5) is 11.1. The van der Waals surface area contributed by atoms with Gasteiger partial charge in [-0.25, -0.2) is 9.52 Å². The predicted molar refractivity (Wildman–Crippen MR) is 67.3 cm³/mol. The zero-order valence-corrected chi connectivity index (χ0v) is 11.6. The van der Waals surface area contributed by atoms with E-state index in [2.05, 4.69) is 10.1 Å². The van der Waals surface area contributed by atoms with Gasteiger partial charge in [0.1, 0.15) is 0 Å². The number of rotatable bonds is 5. The van der Waals surface area contributed by atoms with Crippen molar-refractivity contribution in [1.29, 1.82) is 0 Å². The molecule has 2 N–H and O–H groups in total. The lowest BCUT2D eigenvalue weighted by Crippen LogP contribution is -2.45. The van der Waals surface area contributed by atoms with E-state index in [-0.39, 0.29) is 12.5 Å². The van der Waals surface area contributed by atoms with Gasteiger partial charge in [0, 0.05) is 13.6 Å². The summed E-state index contributed by atoms with van der Waals surface area (Å²) in [6, 6.07) is 0. The third-order valence-corrected chi connectivity index (χ3v) is 4.21. The first-order valence-corrected chi connectivity index (χ1v) is 7.51. The van der Waals surface area contributed by atoms with Crippen LogP contribution < -0.4 is 10.0 Å². The van der Waals surface area contributed by atoms with E-state index in [1.54, 1.807) is 6.92 Å². The lowest BCUT2D eigenvalue weighted by molar-refractivity contribution is 0.158. The van der Waals surface area contributed by atoms with E-state index in [1.807, 2.05) is 4.72 Å². The van der Waals surface area contributed by atoms with Crippen molar-refractivity contribution in [3.05, 3.63) is 0 Å². The minimum atomic E-state index is -3.80. The molecule has 1 fully saturated rings. The molecule has 1 unspecified atom stereocenters. The number of carbonyl (C=O) groups excluding carboxylic acids is 1. The number of nitrogens with zero attached hydrogens (tertiary/aromatic N) is 1. The Morgan fingerprint density at radius 3 is 2.83 bits per heavy atom. The quantitative estimate of drug-likeness (QED) is 0.734. The van der Waals surface area contributed by atoms with Gasteiger partial charge >= 0.3 is 16.3 Å². The maximum Gasteiger partial charge on any atom is 0.421 e. The van der Waals surface area contributed by atoms with Crippen molar-refractivity contribution in [2.75, 3.05) is 33.3 Å². The molecule has 0 bridgehead atoms. The number of ether oxygens (including phenoxy) is 1. The van der Waals surface area contributed by atoms with Crippen molar-refractivity contribution in [3.63, 3.8) is 0 Å². The molecule has 7 nitrogen and oxygen atoms in total. The summed E-state index contributed by atoms with van der Waals surface area (Å²) < 4.78 is 31.1. The number of hydrogen-bond donors (Lipinski definition) is 2. The number of carbonyl (C=O) groups is 1. The second kappa shape index (κ2) is 6.91. The third kappa shape index (κ3) is 4.79. The number of amides is 1. The van der Waals surface area contributed by atoms with Gasteiger partial charge in [0.2, 0.25) is 0 Å². The van der Waals surface area contributed by atoms with Gasteiger partial charge in [0.05, 0.1) is 6.61 Å². The second-order valence-corrected chi connectivity index (χ2v) is 6.10. The van der Waals surface area contributed by atoms with E-state index < -0.39 is 16.3 Å². The molecule has 1 amide bonds. The van der Waals surface area contributed by atoms with Crippen molar-refractivity contribution in [2.45, 2.75) is 19.8 Å². The first kappa shape index (κ1) is 15.2. The third-order valence-electron chi connectivity index (χ3n) is 2.81. The Morgan fingerprint density at radius 1 is 1.56 bits per heavy atom. The molecule has 0 spiro atoms. The highest BCUT2D eigenvalue weighted by atomic mass is 32.2. The van der Waals surface area contributed by atoms with Crippen molar-refractivity contribution in [2.24, 2.45) is 5.92 Å². The van der Waals surface area contributed by atoms with Gasteiger partial charge < -0.3 is 10.1 Å². The molecule has 1 aliphatic rings. The van der Waals surface area contributed by atoms with Crippen LogP contribution in [0.2, 0.25) is 0 Å². The van der Waals surface area contributed by atoms with Gasteiger partial charge in [-0.2, -0.15) is 12.7 Å². The highest BCUT2D eigenvalue weighted by Gasteiger charge is 2.24. The van der Waals surface area contributed by atoms with E-state index in [4.69, 9.17) is 0 Å². The Bertz CT molecular complexity index is 365. The second-order valence-electron chi connectivity index (χ2n) is 4.32. The minimum absolute atomic E-state index is 0.137. The molecular formula is C10H21N3O4S. The molecule has 8 heteroatoms. The Kier molecular flexibility index (Phi) is 5.83.